The molecule has 15 heavy (non-hydrogen) atoms. The lowest BCUT2D eigenvalue weighted by Gasteiger charge is -2.11. The van der Waals surface area contributed by atoms with Gasteiger partial charge in [0, 0.05) is 0 Å². The van der Waals surface area contributed by atoms with Crippen LogP contribution in [-0.4, -0.2) is 11.2 Å². The van der Waals surface area contributed by atoms with Crippen molar-refractivity contribution in [1.29, 1.82) is 5.26 Å². The number of aliphatic hydroxyl groups excluding tert-OH is 1. The molecule has 80 valence electrons. The summed E-state index contributed by atoms with van der Waals surface area (Å²) in [6.07, 6.45) is 2.61. The summed E-state index contributed by atoms with van der Waals surface area (Å²) < 4.78 is 0. The molecule has 0 amide bonds. The van der Waals surface area contributed by atoms with E-state index in [0.29, 0.717) is 12.8 Å². The topological polar surface area (TPSA) is 44.0 Å². The molecule has 1 aromatic carbocycles. The molecule has 1 aromatic rings. The molecule has 0 saturated heterocycles. The van der Waals surface area contributed by atoms with Crippen molar-refractivity contribution < 1.29 is 5.11 Å². The Morgan fingerprint density at radius 3 is 2.60 bits per heavy atom. The zero-order chi connectivity index (χ0) is 11.1. The van der Waals surface area contributed by atoms with Crippen LogP contribution in [0.5, 0.6) is 0 Å². The van der Waals surface area contributed by atoms with Crippen molar-refractivity contribution >= 4 is 0 Å². The van der Waals surface area contributed by atoms with E-state index in [1.165, 1.54) is 0 Å². The molecule has 0 heterocycles. The van der Waals surface area contributed by atoms with Crippen molar-refractivity contribution in [3.63, 3.8) is 0 Å². The highest BCUT2D eigenvalue weighted by Crippen LogP contribution is 2.13. The largest absolute Gasteiger partial charge is 0.393 e. The van der Waals surface area contributed by atoms with Gasteiger partial charge in [0.15, 0.2) is 0 Å². The first kappa shape index (κ1) is 11.7. The van der Waals surface area contributed by atoms with E-state index in [1.807, 2.05) is 24.3 Å². The number of hydrogen-bond donors (Lipinski definition) is 1. The molecule has 0 aliphatic rings. The van der Waals surface area contributed by atoms with Gasteiger partial charge in [-0.15, -0.1) is 0 Å². The summed E-state index contributed by atoms with van der Waals surface area (Å²) in [6, 6.07) is 9.98. The molecule has 1 rings (SSSR count). The van der Waals surface area contributed by atoms with E-state index in [1.54, 1.807) is 0 Å². The Morgan fingerprint density at radius 2 is 2.00 bits per heavy atom. The van der Waals surface area contributed by atoms with Gasteiger partial charge in [-0.3, -0.25) is 0 Å². The first-order valence-electron chi connectivity index (χ1n) is 5.39. The fourth-order valence-corrected chi connectivity index (χ4v) is 1.70. The second-order valence-electron chi connectivity index (χ2n) is 3.75. The molecule has 0 saturated carbocycles. The van der Waals surface area contributed by atoms with Gasteiger partial charge in [-0.1, -0.05) is 37.6 Å². The van der Waals surface area contributed by atoms with E-state index < -0.39 is 0 Å². The molecule has 0 radical (unpaired) electrons. The zero-order valence-electron chi connectivity index (χ0n) is 9.11. The van der Waals surface area contributed by atoms with E-state index in [0.717, 1.165) is 24.0 Å². The second kappa shape index (κ2) is 6.21. The monoisotopic (exact) mass is 203 g/mol. The Morgan fingerprint density at radius 1 is 1.33 bits per heavy atom. The van der Waals surface area contributed by atoms with Crippen molar-refractivity contribution in [1.82, 2.24) is 0 Å². The summed E-state index contributed by atoms with van der Waals surface area (Å²) in [5, 5.41) is 18.4. The highest BCUT2D eigenvalue weighted by atomic mass is 16.3. The summed E-state index contributed by atoms with van der Waals surface area (Å²) in [6.45, 7) is 2.06. The standard InChI is InChI=1S/C13H17NO/c1-2-5-13(15)10-12-7-4-3-6-11(12)8-9-14/h3-4,6-7,13,15H,2,5,8,10H2,1H3. The maximum Gasteiger partial charge on any atom is 0.0669 e. The highest BCUT2D eigenvalue weighted by molar-refractivity contribution is 5.29. The minimum Gasteiger partial charge on any atom is -0.393 e. The van der Waals surface area contributed by atoms with Gasteiger partial charge in [-0.25, -0.2) is 0 Å². The zero-order valence-corrected chi connectivity index (χ0v) is 9.11. The van der Waals surface area contributed by atoms with Crippen LogP contribution in [0.2, 0.25) is 0 Å². The van der Waals surface area contributed by atoms with E-state index in [4.69, 9.17) is 5.26 Å². The maximum atomic E-state index is 9.71. The lowest BCUT2D eigenvalue weighted by molar-refractivity contribution is 0.163. The van der Waals surface area contributed by atoms with Crippen molar-refractivity contribution in [2.24, 2.45) is 0 Å². The Kier molecular flexibility index (Phi) is 4.86. The van der Waals surface area contributed by atoms with Crippen LogP contribution in [0.1, 0.15) is 30.9 Å². The highest BCUT2D eigenvalue weighted by Gasteiger charge is 2.07. The summed E-state index contributed by atoms with van der Waals surface area (Å²) in [5.74, 6) is 0. The third-order valence-corrected chi connectivity index (χ3v) is 2.47. The normalized spacial score (nSPS) is 12.1. The summed E-state index contributed by atoms with van der Waals surface area (Å²) in [4.78, 5) is 0. The molecule has 0 aliphatic heterocycles. The minimum atomic E-state index is -0.283. The molecule has 0 fully saturated rings. The predicted molar refractivity (Wildman–Crippen MR) is 60.4 cm³/mol. The fraction of sp³-hybridized carbons (Fsp3) is 0.462. The molecule has 1 N–H and O–H groups in total. The Labute approximate surface area is 91.2 Å². The van der Waals surface area contributed by atoms with E-state index in [9.17, 15) is 5.11 Å². The third kappa shape index (κ3) is 3.73. The summed E-state index contributed by atoms with van der Waals surface area (Å²) in [7, 11) is 0. The first-order chi connectivity index (χ1) is 7.27. The van der Waals surface area contributed by atoms with Crippen LogP contribution in [0.25, 0.3) is 0 Å². The van der Waals surface area contributed by atoms with Crippen molar-refractivity contribution in [2.45, 2.75) is 38.7 Å². The second-order valence-corrected chi connectivity index (χ2v) is 3.75. The minimum absolute atomic E-state index is 0.283. The van der Waals surface area contributed by atoms with Crippen LogP contribution in [-0.2, 0) is 12.8 Å². The van der Waals surface area contributed by atoms with Crippen LogP contribution in [0.15, 0.2) is 24.3 Å². The maximum absolute atomic E-state index is 9.71. The van der Waals surface area contributed by atoms with Crippen LogP contribution in [0.3, 0.4) is 0 Å². The number of rotatable bonds is 5. The van der Waals surface area contributed by atoms with Gasteiger partial charge >= 0.3 is 0 Å². The van der Waals surface area contributed by atoms with Crippen LogP contribution >= 0.6 is 0 Å². The van der Waals surface area contributed by atoms with Gasteiger partial charge in [0.1, 0.15) is 0 Å². The molecule has 0 aromatic heterocycles. The lowest BCUT2D eigenvalue weighted by Crippen LogP contribution is -2.11. The Hall–Kier alpha value is -1.33. The number of benzene rings is 1. The average Bonchev–Trinajstić information content (AvgIpc) is 2.21. The van der Waals surface area contributed by atoms with Gasteiger partial charge in [-0.05, 0) is 24.0 Å². The van der Waals surface area contributed by atoms with E-state index in [2.05, 4.69) is 13.0 Å². The third-order valence-electron chi connectivity index (χ3n) is 2.47. The van der Waals surface area contributed by atoms with Crippen molar-refractivity contribution in [2.75, 3.05) is 0 Å². The smallest absolute Gasteiger partial charge is 0.0669 e. The van der Waals surface area contributed by atoms with Crippen molar-refractivity contribution in [3.05, 3.63) is 35.4 Å². The van der Waals surface area contributed by atoms with Gasteiger partial charge in [0.2, 0.25) is 0 Å². The molecule has 1 unspecified atom stereocenters. The SMILES string of the molecule is CCCC(O)Cc1ccccc1CC#N. The summed E-state index contributed by atoms with van der Waals surface area (Å²) in [5.41, 5.74) is 2.13. The fourth-order valence-electron chi connectivity index (χ4n) is 1.70. The van der Waals surface area contributed by atoms with Crippen LogP contribution in [0.4, 0.5) is 0 Å². The van der Waals surface area contributed by atoms with Crippen LogP contribution in [0, 0.1) is 11.3 Å². The van der Waals surface area contributed by atoms with Gasteiger partial charge < -0.3 is 5.11 Å². The molecular weight excluding hydrogens is 186 g/mol. The molecular formula is C13H17NO. The van der Waals surface area contributed by atoms with Crippen molar-refractivity contribution in [3.8, 4) is 6.07 Å². The molecule has 0 aliphatic carbocycles. The molecule has 2 nitrogen and oxygen atoms in total. The van der Waals surface area contributed by atoms with E-state index >= 15 is 0 Å². The quantitative estimate of drug-likeness (QED) is 0.798. The first-order valence-corrected chi connectivity index (χ1v) is 5.39. The average molecular weight is 203 g/mol. The Balaban J connectivity index is 2.71. The van der Waals surface area contributed by atoms with Gasteiger partial charge in [0.25, 0.3) is 0 Å². The van der Waals surface area contributed by atoms with Gasteiger partial charge in [-0.2, -0.15) is 5.26 Å². The number of hydrogen-bond acceptors (Lipinski definition) is 2. The number of nitriles is 1. The molecule has 0 spiro atoms. The summed E-state index contributed by atoms with van der Waals surface area (Å²) >= 11 is 0. The lowest BCUT2D eigenvalue weighted by atomic mass is 9.98. The Bertz CT molecular complexity index is 341. The van der Waals surface area contributed by atoms with Gasteiger partial charge in [0.05, 0.1) is 18.6 Å². The van der Waals surface area contributed by atoms with Crippen LogP contribution < -0.4 is 0 Å². The molecule has 2 heteroatoms. The van der Waals surface area contributed by atoms with E-state index in [-0.39, 0.29) is 6.10 Å². The molecule has 0 bridgehead atoms. The number of aliphatic hydroxyl groups is 1. The number of nitrogens with zero attached hydrogens (tertiary/aromatic N) is 1. The predicted octanol–water partition coefficient (Wildman–Crippen LogP) is 2.46. The molecule has 1 atom stereocenters.